The minimum Gasteiger partial charge on any atom is -0.490 e. The van der Waals surface area contributed by atoms with Crippen molar-refractivity contribution in [2.45, 2.75) is 26.2 Å². The van der Waals surface area contributed by atoms with Crippen LogP contribution in [-0.4, -0.2) is 42.9 Å². The molecule has 2 aliphatic rings. The third-order valence-corrected chi connectivity index (χ3v) is 4.74. The molecule has 1 aromatic carbocycles. The molecule has 1 saturated heterocycles. The summed E-state index contributed by atoms with van der Waals surface area (Å²) in [5.74, 6) is -1.10. The molecule has 25 heavy (non-hydrogen) atoms. The van der Waals surface area contributed by atoms with Gasteiger partial charge in [-0.05, 0) is 37.8 Å². The number of carbonyl (C=O) groups excluding carboxylic acids is 2. The number of fused-ring (bicyclic) bond motifs is 1. The van der Waals surface area contributed by atoms with Gasteiger partial charge in [0.2, 0.25) is 5.91 Å². The zero-order chi connectivity index (χ0) is 17.8. The van der Waals surface area contributed by atoms with E-state index in [9.17, 15) is 14.9 Å². The predicted octanol–water partition coefficient (Wildman–Crippen LogP) is 1.97. The van der Waals surface area contributed by atoms with Crippen LogP contribution in [0.3, 0.4) is 0 Å². The first-order valence-electron chi connectivity index (χ1n) is 8.75. The van der Waals surface area contributed by atoms with E-state index in [0.29, 0.717) is 37.6 Å². The molecule has 1 amide bonds. The van der Waals surface area contributed by atoms with E-state index in [2.05, 4.69) is 0 Å². The summed E-state index contributed by atoms with van der Waals surface area (Å²) < 4.78 is 11.3. The number of nitriles is 1. The lowest BCUT2D eigenvalue weighted by Crippen LogP contribution is -2.41. The standard InChI is InChI=1S/C19H22N2O4/c1-2-24-16-7-5-6-13-10-14(12-25-18(13)16)17(22)15(11-20)19(23)21-8-3-4-9-21/h5-7,14-15H,2-4,8-10,12H2,1H3/t14-,15-/m0/s1. The average Bonchev–Trinajstić information content (AvgIpc) is 3.17. The van der Waals surface area contributed by atoms with Gasteiger partial charge in [0.05, 0.1) is 25.2 Å². The van der Waals surface area contributed by atoms with Crippen LogP contribution in [0.2, 0.25) is 0 Å². The number of benzene rings is 1. The van der Waals surface area contributed by atoms with Gasteiger partial charge in [-0.1, -0.05) is 12.1 Å². The number of carbonyl (C=O) groups is 2. The topological polar surface area (TPSA) is 79.6 Å². The third kappa shape index (κ3) is 3.46. The minimum atomic E-state index is -1.23. The number of Topliss-reactive ketones (excluding diaryl/α,β-unsaturated/α-hetero) is 1. The number of nitrogens with zero attached hydrogens (tertiary/aromatic N) is 2. The van der Waals surface area contributed by atoms with Crippen LogP contribution in [0.25, 0.3) is 0 Å². The van der Waals surface area contributed by atoms with E-state index in [-0.39, 0.29) is 18.3 Å². The van der Waals surface area contributed by atoms with Gasteiger partial charge in [0.1, 0.15) is 0 Å². The Bertz CT molecular complexity index is 704. The van der Waals surface area contributed by atoms with E-state index in [1.807, 2.05) is 31.2 Å². The van der Waals surface area contributed by atoms with E-state index < -0.39 is 11.8 Å². The fourth-order valence-corrected chi connectivity index (χ4v) is 3.44. The summed E-state index contributed by atoms with van der Waals surface area (Å²) in [5, 5.41) is 9.39. The van der Waals surface area contributed by atoms with Crippen LogP contribution in [0.15, 0.2) is 18.2 Å². The summed E-state index contributed by atoms with van der Waals surface area (Å²) >= 11 is 0. The van der Waals surface area contributed by atoms with Gasteiger partial charge in [0.25, 0.3) is 0 Å². The SMILES string of the molecule is CCOc1cccc2c1OC[C@@H](C(=O)[C@H](C#N)C(=O)N1CCCC1)C2. The summed E-state index contributed by atoms with van der Waals surface area (Å²) in [6, 6.07) is 7.49. The lowest BCUT2D eigenvalue weighted by molar-refractivity contribution is -0.140. The van der Waals surface area contributed by atoms with E-state index in [1.54, 1.807) is 4.90 Å². The Labute approximate surface area is 147 Å². The molecule has 0 bridgehead atoms. The molecule has 6 heteroatoms. The van der Waals surface area contributed by atoms with Crippen LogP contribution in [0.4, 0.5) is 0 Å². The second-order valence-electron chi connectivity index (χ2n) is 6.39. The smallest absolute Gasteiger partial charge is 0.247 e. The Kier molecular flexibility index (Phi) is 5.22. The van der Waals surface area contributed by atoms with Gasteiger partial charge in [0.15, 0.2) is 23.2 Å². The largest absolute Gasteiger partial charge is 0.490 e. The van der Waals surface area contributed by atoms with Crippen molar-refractivity contribution in [3.8, 4) is 17.6 Å². The highest BCUT2D eigenvalue weighted by Crippen LogP contribution is 2.37. The molecule has 0 radical (unpaired) electrons. The summed E-state index contributed by atoms with van der Waals surface area (Å²) in [6.07, 6.45) is 2.32. The zero-order valence-corrected chi connectivity index (χ0v) is 14.4. The molecule has 6 nitrogen and oxygen atoms in total. The maximum atomic E-state index is 12.8. The van der Waals surface area contributed by atoms with E-state index in [4.69, 9.17) is 9.47 Å². The predicted molar refractivity (Wildman–Crippen MR) is 90.2 cm³/mol. The van der Waals surface area contributed by atoms with Crippen LogP contribution in [-0.2, 0) is 16.0 Å². The molecule has 0 saturated carbocycles. The molecule has 1 fully saturated rings. The van der Waals surface area contributed by atoms with Crippen molar-refractivity contribution in [2.75, 3.05) is 26.3 Å². The fraction of sp³-hybridized carbons (Fsp3) is 0.526. The van der Waals surface area contributed by atoms with Gasteiger partial charge in [-0.2, -0.15) is 5.26 Å². The second kappa shape index (κ2) is 7.56. The van der Waals surface area contributed by atoms with Gasteiger partial charge >= 0.3 is 0 Å². The number of amides is 1. The summed E-state index contributed by atoms with van der Waals surface area (Å²) in [4.78, 5) is 26.9. The Morgan fingerprint density at radius 3 is 2.84 bits per heavy atom. The van der Waals surface area contributed by atoms with Crippen LogP contribution in [0, 0.1) is 23.2 Å². The first kappa shape index (κ1) is 17.3. The monoisotopic (exact) mass is 342 g/mol. The van der Waals surface area contributed by atoms with E-state index in [0.717, 1.165) is 18.4 Å². The first-order valence-corrected chi connectivity index (χ1v) is 8.75. The molecule has 3 rings (SSSR count). The molecular formula is C19H22N2O4. The number of likely N-dealkylation sites (tertiary alicyclic amines) is 1. The van der Waals surface area contributed by atoms with Crippen molar-refractivity contribution in [3.63, 3.8) is 0 Å². The Hall–Kier alpha value is -2.55. The number of rotatable bonds is 5. The first-order chi connectivity index (χ1) is 12.2. The molecule has 2 atom stereocenters. The van der Waals surface area contributed by atoms with Crippen molar-refractivity contribution in [3.05, 3.63) is 23.8 Å². The molecule has 0 aromatic heterocycles. The number of hydrogen-bond donors (Lipinski definition) is 0. The van der Waals surface area contributed by atoms with Crippen LogP contribution < -0.4 is 9.47 Å². The highest BCUT2D eigenvalue weighted by atomic mass is 16.5. The Morgan fingerprint density at radius 1 is 1.40 bits per heavy atom. The molecule has 0 unspecified atom stereocenters. The third-order valence-electron chi connectivity index (χ3n) is 4.74. The molecule has 1 aromatic rings. The second-order valence-corrected chi connectivity index (χ2v) is 6.39. The molecule has 132 valence electrons. The maximum Gasteiger partial charge on any atom is 0.247 e. The molecule has 2 heterocycles. The maximum absolute atomic E-state index is 12.8. The number of para-hydroxylation sites is 1. The summed E-state index contributed by atoms with van der Waals surface area (Å²) in [6.45, 7) is 3.86. The zero-order valence-electron chi connectivity index (χ0n) is 14.4. The van der Waals surface area contributed by atoms with Gasteiger partial charge in [-0.3, -0.25) is 9.59 Å². The molecule has 0 N–H and O–H groups in total. The van der Waals surface area contributed by atoms with Gasteiger partial charge in [-0.15, -0.1) is 0 Å². The Morgan fingerprint density at radius 2 is 2.16 bits per heavy atom. The highest BCUT2D eigenvalue weighted by Gasteiger charge is 2.38. The van der Waals surface area contributed by atoms with E-state index in [1.165, 1.54) is 0 Å². The molecule has 0 aliphatic carbocycles. The number of hydrogen-bond acceptors (Lipinski definition) is 5. The van der Waals surface area contributed by atoms with E-state index >= 15 is 0 Å². The van der Waals surface area contributed by atoms with Crippen LogP contribution in [0.1, 0.15) is 25.3 Å². The number of ether oxygens (including phenoxy) is 2. The molecule has 2 aliphatic heterocycles. The van der Waals surface area contributed by atoms with Gasteiger partial charge in [-0.25, -0.2) is 0 Å². The van der Waals surface area contributed by atoms with Crippen molar-refractivity contribution >= 4 is 11.7 Å². The minimum absolute atomic E-state index is 0.168. The summed E-state index contributed by atoms with van der Waals surface area (Å²) in [7, 11) is 0. The Balaban J connectivity index is 1.74. The number of ketones is 1. The normalized spacial score (nSPS) is 20.2. The highest BCUT2D eigenvalue weighted by molar-refractivity contribution is 6.05. The van der Waals surface area contributed by atoms with Crippen LogP contribution in [0.5, 0.6) is 11.5 Å². The summed E-state index contributed by atoms with van der Waals surface area (Å²) in [5.41, 5.74) is 0.876. The van der Waals surface area contributed by atoms with Crippen molar-refractivity contribution in [1.82, 2.24) is 4.90 Å². The average molecular weight is 342 g/mol. The van der Waals surface area contributed by atoms with Crippen LogP contribution >= 0.6 is 0 Å². The van der Waals surface area contributed by atoms with Crippen molar-refractivity contribution in [2.24, 2.45) is 11.8 Å². The van der Waals surface area contributed by atoms with Crippen molar-refractivity contribution < 1.29 is 19.1 Å². The quantitative estimate of drug-likeness (QED) is 0.764. The lowest BCUT2D eigenvalue weighted by Gasteiger charge is -2.27. The lowest BCUT2D eigenvalue weighted by atomic mass is 9.86. The van der Waals surface area contributed by atoms with Gasteiger partial charge in [0, 0.05) is 13.1 Å². The molecule has 0 spiro atoms. The fourth-order valence-electron chi connectivity index (χ4n) is 3.44. The van der Waals surface area contributed by atoms with Crippen molar-refractivity contribution in [1.29, 1.82) is 5.26 Å². The molecular weight excluding hydrogens is 320 g/mol. The van der Waals surface area contributed by atoms with Gasteiger partial charge < -0.3 is 14.4 Å².